The highest BCUT2D eigenvalue weighted by atomic mass is 32.2. The van der Waals surface area contributed by atoms with Crippen molar-refractivity contribution in [1.82, 2.24) is 4.98 Å². The number of hydrogen-bond donors (Lipinski definition) is 2. The van der Waals surface area contributed by atoms with E-state index in [2.05, 4.69) is 4.98 Å². The summed E-state index contributed by atoms with van der Waals surface area (Å²) < 4.78 is 23.4. The summed E-state index contributed by atoms with van der Waals surface area (Å²) in [5, 5.41) is 9.63. The number of carbonyl (C=O) groups is 1. The van der Waals surface area contributed by atoms with Crippen LogP contribution in [0, 0.1) is 0 Å². The molecule has 0 aliphatic heterocycles. The molecule has 0 saturated heterocycles. The number of aromatic nitrogens is 1. The fourth-order valence-electron chi connectivity index (χ4n) is 2.01. The van der Waals surface area contributed by atoms with Crippen LogP contribution in [0.5, 0.6) is 5.75 Å². The number of aromatic hydroxyl groups is 1. The first-order valence-corrected chi connectivity index (χ1v) is 7.45. The predicted molar refractivity (Wildman–Crippen MR) is 69.9 cm³/mol. The van der Waals surface area contributed by atoms with E-state index < -0.39 is 15.8 Å². The monoisotopic (exact) mass is 279 g/mol. The number of benzene rings is 1. The molecule has 0 fully saturated rings. The average molecular weight is 279 g/mol. The lowest BCUT2D eigenvalue weighted by Crippen LogP contribution is -2.08. The number of sulfone groups is 1. The first-order valence-electron chi connectivity index (χ1n) is 5.55. The van der Waals surface area contributed by atoms with Crippen LogP contribution in [-0.2, 0) is 14.6 Å². The third-order valence-corrected chi connectivity index (χ3v) is 3.99. The Balaban J connectivity index is 2.61. The Hall–Kier alpha value is -2.08. The molecule has 19 heavy (non-hydrogen) atoms. The fraction of sp³-hybridized carbons (Fsp3) is 0.154. The maximum Gasteiger partial charge on any atom is 0.180 e. The van der Waals surface area contributed by atoms with Gasteiger partial charge < -0.3 is 14.9 Å². The summed E-state index contributed by atoms with van der Waals surface area (Å²) >= 11 is 0. The zero-order valence-electron chi connectivity index (χ0n) is 10.2. The highest BCUT2D eigenvalue weighted by Gasteiger charge is 2.26. The molecule has 0 radical (unpaired) electrons. The lowest BCUT2D eigenvalue weighted by molar-refractivity contribution is -0.108. The highest BCUT2D eigenvalue weighted by Crippen LogP contribution is 2.33. The molecular weight excluding hydrogens is 266 g/mol. The Morgan fingerprint density at radius 3 is 2.42 bits per heavy atom. The van der Waals surface area contributed by atoms with Gasteiger partial charge in [0.2, 0.25) is 0 Å². The number of carbonyl (C=O) groups excluding carboxylic acids is 1. The molecule has 5 nitrogen and oxygen atoms in total. The Bertz CT molecular complexity index is 689. The first-order chi connectivity index (χ1) is 8.95. The smallest absolute Gasteiger partial charge is 0.180 e. The quantitative estimate of drug-likeness (QED) is 0.829. The second-order valence-corrected chi connectivity index (χ2v) is 6.17. The molecule has 0 aliphatic carbocycles. The van der Waals surface area contributed by atoms with E-state index in [1.165, 1.54) is 6.20 Å². The van der Waals surface area contributed by atoms with Crippen LogP contribution < -0.4 is 0 Å². The SMILES string of the molecule is CS(=O)(=O)c1c(O)c[nH]c1C(C=O)c1ccccc1. The van der Waals surface area contributed by atoms with Gasteiger partial charge in [-0.15, -0.1) is 0 Å². The molecule has 1 heterocycles. The van der Waals surface area contributed by atoms with Gasteiger partial charge in [-0.25, -0.2) is 8.42 Å². The minimum atomic E-state index is -3.62. The van der Waals surface area contributed by atoms with E-state index in [1.807, 2.05) is 0 Å². The Morgan fingerprint density at radius 2 is 1.89 bits per heavy atom. The van der Waals surface area contributed by atoms with Crippen molar-refractivity contribution in [2.45, 2.75) is 10.8 Å². The van der Waals surface area contributed by atoms with Crippen LogP contribution in [0.25, 0.3) is 0 Å². The molecule has 0 spiro atoms. The molecule has 0 bridgehead atoms. The molecule has 2 rings (SSSR count). The van der Waals surface area contributed by atoms with Crippen LogP contribution in [0.15, 0.2) is 41.4 Å². The van der Waals surface area contributed by atoms with E-state index >= 15 is 0 Å². The van der Waals surface area contributed by atoms with Gasteiger partial charge in [0, 0.05) is 12.5 Å². The van der Waals surface area contributed by atoms with Gasteiger partial charge in [0.1, 0.15) is 11.2 Å². The molecule has 2 aromatic rings. The van der Waals surface area contributed by atoms with Crippen molar-refractivity contribution >= 4 is 16.1 Å². The molecular formula is C13H13NO4S. The van der Waals surface area contributed by atoms with E-state index in [0.717, 1.165) is 6.26 Å². The molecule has 1 aromatic heterocycles. The Morgan fingerprint density at radius 1 is 1.26 bits per heavy atom. The number of aldehydes is 1. The van der Waals surface area contributed by atoms with Gasteiger partial charge in [-0.2, -0.15) is 0 Å². The van der Waals surface area contributed by atoms with Gasteiger partial charge in [0.25, 0.3) is 0 Å². The standard InChI is InChI=1S/C13H13NO4S/c1-19(17,18)13-11(16)7-14-12(13)10(8-15)9-5-3-2-4-6-9/h2-8,10,14,16H,1H3. The van der Waals surface area contributed by atoms with Crippen LogP contribution in [0.2, 0.25) is 0 Å². The van der Waals surface area contributed by atoms with E-state index in [9.17, 15) is 18.3 Å². The molecule has 0 amide bonds. The van der Waals surface area contributed by atoms with Crippen LogP contribution in [0.1, 0.15) is 17.2 Å². The van der Waals surface area contributed by atoms with Gasteiger partial charge in [-0.3, -0.25) is 0 Å². The van der Waals surface area contributed by atoms with Gasteiger partial charge in [-0.05, 0) is 5.56 Å². The minimum absolute atomic E-state index is 0.182. The van der Waals surface area contributed by atoms with Gasteiger partial charge >= 0.3 is 0 Å². The number of H-pyrrole nitrogens is 1. The molecule has 1 unspecified atom stereocenters. The maximum absolute atomic E-state index is 11.7. The van der Waals surface area contributed by atoms with Crippen LogP contribution >= 0.6 is 0 Å². The molecule has 6 heteroatoms. The van der Waals surface area contributed by atoms with Crippen LogP contribution in [-0.4, -0.2) is 31.1 Å². The molecule has 100 valence electrons. The first kappa shape index (κ1) is 13.4. The molecule has 1 aromatic carbocycles. The van der Waals surface area contributed by atoms with Gasteiger partial charge in [0.05, 0.1) is 11.6 Å². The van der Waals surface area contributed by atoms with Crippen molar-refractivity contribution in [2.75, 3.05) is 6.26 Å². The van der Waals surface area contributed by atoms with E-state index in [-0.39, 0.29) is 16.3 Å². The number of aromatic amines is 1. The lowest BCUT2D eigenvalue weighted by atomic mass is 9.97. The second-order valence-electron chi connectivity index (χ2n) is 4.21. The summed E-state index contributed by atoms with van der Waals surface area (Å²) in [6, 6.07) is 8.77. The lowest BCUT2D eigenvalue weighted by Gasteiger charge is -2.11. The minimum Gasteiger partial charge on any atom is -0.505 e. The summed E-state index contributed by atoms with van der Waals surface area (Å²) in [5.74, 6) is -1.13. The summed E-state index contributed by atoms with van der Waals surface area (Å²) in [6.07, 6.45) is 2.81. The molecule has 0 aliphatic rings. The van der Waals surface area contributed by atoms with Crippen LogP contribution in [0.3, 0.4) is 0 Å². The topological polar surface area (TPSA) is 87.2 Å². The predicted octanol–water partition coefficient (Wildman–Crippen LogP) is 1.45. The Labute approximate surface area is 110 Å². The zero-order valence-corrected chi connectivity index (χ0v) is 11.0. The van der Waals surface area contributed by atoms with Crippen molar-refractivity contribution in [2.24, 2.45) is 0 Å². The van der Waals surface area contributed by atoms with E-state index in [1.54, 1.807) is 30.3 Å². The van der Waals surface area contributed by atoms with Crippen molar-refractivity contribution < 1.29 is 18.3 Å². The molecule has 0 saturated carbocycles. The number of nitrogens with one attached hydrogen (secondary N) is 1. The third kappa shape index (κ3) is 2.53. The van der Waals surface area contributed by atoms with E-state index in [4.69, 9.17) is 0 Å². The molecule has 1 atom stereocenters. The zero-order chi connectivity index (χ0) is 14.0. The van der Waals surface area contributed by atoms with Crippen molar-refractivity contribution in [3.05, 3.63) is 47.8 Å². The average Bonchev–Trinajstić information content (AvgIpc) is 2.73. The number of rotatable bonds is 4. The molecule has 2 N–H and O–H groups in total. The van der Waals surface area contributed by atoms with Crippen LogP contribution in [0.4, 0.5) is 0 Å². The third-order valence-electron chi connectivity index (χ3n) is 2.82. The van der Waals surface area contributed by atoms with Crippen molar-refractivity contribution in [3.8, 4) is 5.75 Å². The second kappa shape index (κ2) is 4.89. The van der Waals surface area contributed by atoms with Crippen molar-refractivity contribution in [1.29, 1.82) is 0 Å². The fourth-order valence-corrected chi connectivity index (χ4v) is 3.03. The summed E-state index contributed by atoms with van der Waals surface area (Å²) in [5.41, 5.74) is 0.838. The number of hydrogen-bond acceptors (Lipinski definition) is 4. The largest absolute Gasteiger partial charge is 0.505 e. The highest BCUT2D eigenvalue weighted by molar-refractivity contribution is 7.90. The maximum atomic E-state index is 11.7. The van der Waals surface area contributed by atoms with Gasteiger partial charge in [0.15, 0.2) is 15.6 Å². The van der Waals surface area contributed by atoms with Crippen molar-refractivity contribution in [3.63, 3.8) is 0 Å². The summed E-state index contributed by atoms with van der Waals surface area (Å²) in [6.45, 7) is 0. The van der Waals surface area contributed by atoms with E-state index in [0.29, 0.717) is 11.8 Å². The van der Waals surface area contributed by atoms with Gasteiger partial charge in [-0.1, -0.05) is 30.3 Å². The summed E-state index contributed by atoms with van der Waals surface area (Å²) in [4.78, 5) is 13.7. The summed E-state index contributed by atoms with van der Waals surface area (Å²) in [7, 11) is -3.62. The normalized spacial score (nSPS) is 13.1. The Kier molecular flexibility index (Phi) is 3.44.